The third-order valence-corrected chi connectivity index (χ3v) is 2.43. The minimum Gasteiger partial charge on any atom is -0.356 e. The number of H-pyrrole nitrogens is 1. The van der Waals surface area contributed by atoms with Crippen LogP contribution in [0.4, 0.5) is 5.82 Å². The molecule has 2 aromatic rings. The molecular weight excluding hydrogens is 295 g/mol. The Kier molecular flexibility index (Phi) is 3.21. The maximum absolute atomic E-state index is 11.7. The number of anilines is 1. The number of carbonyl (C=O) groups excluding carboxylic acids is 1. The monoisotopic (exact) mass is 300 g/mol. The Bertz CT molecular complexity index is 528. The van der Waals surface area contributed by atoms with Crippen molar-refractivity contribution in [1.82, 2.24) is 15.0 Å². The van der Waals surface area contributed by atoms with Gasteiger partial charge >= 0.3 is 0 Å². The van der Waals surface area contributed by atoms with Crippen molar-refractivity contribution in [2.75, 3.05) is 5.32 Å². The Balaban J connectivity index is 2.13. The van der Waals surface area contributed by atoms with E-state index >= 15 is 0 Å². The molecule has 0 aliphatic rings. The first-order valence-electron chi connectivity index (χ1n) is 4.28. The third kappa shape index (κ3) is 2.59. The third-order valence-electron chi connectivity index (χ3n) is 1.77. The second-order valence-corrected chi connectivity index (χ2v) is 4.21. The summed E-state index contributed by atoms with van der Waals surface area (Å²) in [6.45, 7) is 0. The van der Waals surface area contributed by atoms with Crippen molar-refractivity contribution in [2.45, 2.75) is 0 Å². The van der Waals surface area contributed by atoms with Crippen LogP contribution in [0.3, 0.4) is 0 Å². The van der Waals surface area contributed by atoms with E-state index in [9.17, 15) is 4.79 Å². The number of aromatic nitrogens is 3. The summed E-state index contributed by atoms with van der Waals surface area (Å²) in [7, 11) is 0. The van der Waals surface area contributed by atoms with Crippen LogP contribution < -0.4 is 5.32 Å². The second kappa shape index (κ2) is 4.63. The summed E-state index contributed by atoms with van der Waals surface area (Å²) in [6.07, 6.45) is 2.95. The van der Waals surface area contributed by atoms with Gasteiger partial charge in [-0.3, -0.25) is 4.79 Å². The highest BCUT2D eigenvalue weighted by molar-refractivity contribution is 9.10. The van der Waals surface area contributed by atoms with E-state index in [1.54, 1.807) is 12.3 Å². The van der Waals surface area contributed by atoms with Gasteiger partial charge < -0.3 is 10.3 Å². The molecule has 0 aliphatic heterocycles. The van der Waals surface area contributed by atoms with Crippen LogP contribution in [-0.2, 0) is 0 Å². The maximum atomic E-state index is 11.7. The SMILES string of the molecule is O=C(Nc1cc(Cl)ncn1)c1cc(Br)c[nH]1. The summed E-state index contributed by atoms with van der Waals surface area (Å²) in [5.74, 6) is 0.0659. The molecule has 82 valence electrons. The summed E-state index contributed by atoms with van der Waals surface area (Å²) in [4.78, 5) is 22.0. The van der Waals surface area contributed by atoms with Crippen molar-refractivity contribution in [2.24, 2.45) is 0 Å². The molecular formula is C9H6BrClN4O. The van der Waals surface area contributed by atoms with Crippen molar-refractivity contribution >= 4 is 39.3 Å². The van der Waals surface area contributed by atoms with Crippen molar-refractivity contribution in [1.29, 1.82) is 0 Å². The lowest BCUT2D eigenvalue weighted by atomic mass is 10.4. The first-order valence-corrected chi connectivity index (χ1v) is 5.45. The number of nitrogens with zero attached hydrogens (tertiary/aromatic N) is 2. The van der Waals surface area contributed by atoms with Crippen LogP contribution >= 0.6 is 27.5 Å². The van der Waals surface area contributed by atoms with Crippen molar-refractivity contribution in [3.63, 3.8) is 0 Å². The number of nitrogens with one attached hydrogen (secondary N) is 2. The van der Waals surface area contributed by atoms with Crippen molar-refractivity contribution in [3.8, 4) is 0 Å². The van der Waals surface area contributed by atoms with Crippen LogP contribution in [0, 0.1) is 0 Å². The van der Waals surface area contributed by atoms with E-state index in [2.05, 4.69) is 36.2 Å². The Labute approximate surface area is 104 Å². The van der Waals surface area contributed by atoms with Gasteiger partial charge in [-0.15, -0.1) is 0 Å². The Morgan fingerprint density at radius 3 is 2.88 bits per heavy atom. The smallest absolute Gasteiger partial charge is 0.273 e. The van der Waals surface area contributed by atoms with Gasteiger partial charge in [0.1, 0.15) is 23.0 Å². The average molecular weight is 302 g/mol. The van der Waals surface area contributed by atoms with Gasteiger partial charge in [-0.2, -0.15) is 0 Å². The molecule has 0 fully saturated rings. The van der Waals surface area contributed by atoms with E-state index in [0.717, 1.165) is 4.47 Å². The van der Waals surface area contributed by atoms with Crippen molar-refractivity contribution in [3.05, 3.63) is 40.0 Å². The molecule has 0 atom stereocenters. The Morgan fingerprint density at radius 2 is 2.25 bits per heavy atom. The molecule has 0 radical (unpaired) electrons. The quantitative estimate of drug-likeness (QED) is 0.837. The molecule has 0 saturated carbocycles. The van der Waals surface area contributed by atoms with Crippen molar-refractivity contribution < 1.29 is 4.79 Å². The summed E-state index contributed by atoms with van der Waals surface area (Å²) in [6, 6.07) is 3.13. The molecule has 1 amide bonds. The van der Waals surface area contributed by atoms with Crippen LogP contribution in [0.5, 0.6) is 0 Å². The summed E-state index contributed by atoms with van der Waals surface area (Å²) in [5.41, 5.74) is 0.432. The number of rotatable bonds is 2. The lowest BCUT2D eigenvalue weighted by molar-refractivity contribution is 0.102. The molecule has 2 heterocycles. The van der Waals surface area contributed by atoms with E-state index in [1.807, 2.05) is 0 Å². The minimum absolute atomic E-state index is 0.276. The molecule has 0 unspecified atom stereocenters. The normalized spacial score (nSPS) is 10.1. The van der Waals surface area contributed by atoms with E-state index in [0.29, 0.717) is 11.5 Å². The van der Waals surface area contributed by atoms with Gasteiger partial charge in [0, 0.05) is 16.7 Å². The molecule has 7 heteroatoms. The van der Waals surface area contributed by atoms with Gasteiger partial charge in [0.05, 0.1) is 0 Å². The van der Waals surface area contributed by atoms with Crippen LogP contribution in [0.15, 0.2) is 29.1 Å². The lowest BCUT2D eigenvalue weighted by Gasteiger charge is -2.01. The zero-order valence-corrected chi connectivity index (χ0v) is 10.2. The Hall–Kier alpha value is -1.40. The number of halogens is 2. The maximum Gasteiger partial charge on any atom is 0.273 e. The molecule has 5 nitrogen and oxygen atoms in total. The fraction of sp³-hybridized carbons (Fsp3) is 0. The van der Waals surface area contributed by atoms with Crippen LogP contribution in [0.25, 0.3) is 0 Å². The molecule has 0 aromatic carbocycles. The topological polar surface area (TPSA) is 70.7 Å². The molecule has 0 saturated heterocycles. The standard InChI is InChI=1S/C9H6BrClN4O/c10-5-1-6(12-3-5)9(16)15-8-2-7(11)13-4-14-8/h1-4,12H,(H,13,14,15,16). The van der Waals surface area contributed by atoms with Gasteiger partial charge in [0.25, 0.3) is 5.91 Å². The number of aromatic amines is 1. The highest BCUT2D eigenvalue weighted by atomic mass is 79.9. The Morgan fingerprint density at radius 1 is 1.44 bits per heavy atom. The van der Waals surface area contributed by atoms with Gasteiger partial charge in [-0.1, -0.05) is 11.6 Å². The highest BCUT2D eigenvalue weighted by Gasteiger charge is 2.08. The molecule has 0 bridgehead atoms. The minimum atomic E-state index is -0.291. The van der Waals surface area contributed by atoms with Crippen LogP contribution in [-0.4, -0.2) is 20.9 Å². The largest absolute Gasteiger partial charge is 0.356 e. The van der Waals surface area contributed by atoms with Crippen LogP contribution in [0.1, 0.15) is 10.5 Å². The van der Waals surface area contributed by atoms with Gasteiger partial charge in [-0.25, -0.2) is 9.97 Å². The summed E-state index contributed by atoms with van der Waals surface area (Å²) < 4.78 is 0.804. The number of hydrogen-bond donors (Lipinski definition) is 2. The van der Waals surface area contributed by atoms with Gasteiger partial charge in [0.2, 0.25) is 0 Å². The predicted octanol–water partition coefficient (Wildman–Crippen LogP) is 2.47. The number of amides is 1. The number of hydrogen-bond acceptors (Lipinski definition) is 3. The highest BCUT2D eigenvalue weighted by Crippen LogP contribution is 2.13. The lowest BCUT2D eigenvalue weighted by Crippen LogP contribution is -2.13. The van der Waals surface area contributed by atoms with Gasteiger partial charge in [-0.05, 0) is 22.0 Å². The molecule has 2 N–H and O–H groups in total. The van der Waals surface area contributed by atoms with E-state index < -0.39 is 0 Å². The molecule has 16 heavy (non-hydrogen) atoms. The van der Waals surface area contributed by atoms with Gasteiger partial charge in [0.15, 0.2) is 0 Å². The second-order valence-electron chi connectivity index (χ2n) is 2.91. The van der Waals surface area contributed by atoms with Crippen LogP contribution in [0.2, 0.25) is 5.15 Å². The zero-order valence-electron chi connectivity index (χ0n) is 7.87. The summed E-state index contributed by atoms with van der Waals surface area (Å²) in [5, 5.41) is 2.86. The number of carbonyl (C=O) groups is 1. The first-order chi connectivity index (χ1) is 7.65. The molecule has 2 aromatic heterocycles. The molecule has 0 aliphatic carbocycles. The summed E-state index contributed by atoms with van der Waals surface area (Å²) >= 11 is 8.90. The average Bonchev–Trinajstić information content (AvgIpc) is 2.65. The van der Waals surface area contributed by atoms with E-state index in [-0.39, 0.29) is 11.1 Å². The first kappa shape index (κ1) is 11.1. The molecule has 0 spiro atoms. The fourth-order valence-electron chi connectivity index (χ4n) is 1.08. The fourth-order valence-corrected chi connectivity index (χ4v) is 1.57. The zero-order chi connectivity index (χ0) is 11.5. The molecule has 2 rings (SSSR count). The predicted molar refractivity (Wildman–Crippen MR) is 63.5 cm³/mol. The van der Waals surface area contributed by atoms with E-state index in [1.165, 1.54) is 12.4 Å². The van der Waals surface area contributed by atoms with E-state index in [4.69, 9.17) is 11.6 Å².